The Balaban J connectivity index is 2.30. The molecule has 0 bridgehead atoms. The third-order valence-corrected chi connectivity index (χ3v) is 4.53. The van der Waals surface area contributed by atoms with Crippen molar-refractivity contribution in [3.05, 3.63) is 41.0 Å². The van der Waals surface area contributed by atoms with Crippen LogP contribution in [0.4, 0.5) is 13.2 Å². The van der Waals surface area contributed by atoms with Crippen LogP contribution in [0.2, 0.25) is 0 Å². The molecule has 6 heteroatoms. The SMILES string of the molecule is CC(C)(C)[S@@](=O)NC1=CCc2ccc(C(F)(F)F)cc21. The Morgan fingerprint density at radius 2 is 1.85 bits per heavy atom. The lowest BCUT2D eigenvalue weighted by Crippen LogP contribution is -2.32. The number of benzene rings is 1. The number of hydrogen-bond acceptors (Lipinski definition) is 1. The zero-order chi connectivity index (χ0) is 15.1. The summed E-state index contributed by atoms with van der Waals surface area (Å²) in [6.45, 7) is 5.41. The van der Waals surface area contributed by atoms with Gasteiger partial charge in [-0.2, -0.15) is 13.2 Å². The first-order valence-corrected chi connectivity index (χ1v) is 7.33. The van der Waals surface area contributed by atoms with Gasteiger partial charge in [0.05, 0.1) is 16.0 Å². The second-order valence-electron chi connectivity index (χ2n) is 5.67. The normalized spacial score (nSPS) is 16.6. The van der Waals surface area contributed by atoms with E-state index in [-0.39, 0.29) is 0 Å². The van der Waals surface area contributed by atoms with Crippen LogP contribution >= 0.6 is 0 Å². The summed E-state index contributed by atoms with van der Waals surface area (Å²) in [5.74, 6) is 0. The van der Waals surface area contributed by atoms with Crippen LogP contribution in [-0.2, 0) is 23.6 Å². The summed E-state index contributed by atoms with van der Waals surface area (Å²) in [5, 5.41) is 0. The van der Waals surface area contributed by atoms with Gasteiger partial charge in [0.15, 0.2) is 0 Å². The standard InChI is InChI=1S/C14H16F3NOS/c1-13(2,3)20(19)18-12-7-5-9-4-6-10(8-11(9)12)14(15,16)17/h4,6-8,18H,5H2,1-3H3/t20-/m1/s1. The van der Waals surface area contributed by atoms with Gasteiger partial charge in [0.25, 0.3) is 0 Å². The predicted octanol–water partition coefficient (Wildman–Crippen LogP) is 3.65. The van der Waals surface area contributed by atoms with Crippen LogP contribution in [0.3, 0.4) is 0 Å². The molecule has 1 aliphatic carbocycles. The number of nitrogens with one attached hydrogen (secondary N) is 1. The van der Waals surface area contributed by atoms with E-state index in [1.807, 2.05) is 0 Å². The van der Waals surface area contributed by atoms with Gasteiger partial charge in [0.1, 0.15) is 11.0 Å². The molecule has 1 aromatic carbocycles. The Morgan fingerprint density at radius 1 is 1.20 bits per heavy atom. The summed E-state index contributed by atoms with van der Waals surface area (Å²) in [6.07, 6.45) is -2.04. The Bertz CT molecular complexity index is 585. The Hall–Kier alpha value is -1.30. The molecule has 1 aromatic rings. The van der Waals surface area contributed by atoms with Crippen LogP contribution in [0.5, 0.6) is 0 Å². The molecule has 0 unspecified atom stereocenters. The van der Waals surface area contributed by atoms with E-state index >= 15 is 0 Å². The van der Waals surface area contributed by atoms with Crippen molar-refractivity contribution in [2.75, 3.05) is 0 Å². The van der Waals surface area contributed by atoms with Gasteiger partial charge in [-0.25, -0.2) is 4.21 Å². The quantitative estimate of drug-likeness (QED) is 0.887. The Kier molecular flexibility index (Phi) is 3.71. The Morgan fingerprint density at radius 3 is 2.40 bits per heavy atom. The molecular formula is C14H16F3NOS. The van der Waals surface area contributed by atoms with E-state index in [0.717, 1.165) is 17.7 Å². The van der Waals surface area contributed by atoms with E-state index in [2.05, 4.69) is 4.72 Å². The van der Waals surface area contributed by atoms with Crippen molar-refractivity contribution in [3.8, 4) is 0 Å². The predicted molar refractivity (Wildman–Crippen MR) is 74.2 cm³/mol. The number of alkyl halides is 3. The van der Waals surface area contributed by atoms with Gasteiger partial charge in [-0.1, -0.05) is 12.1 Å². The van der Waals surface area contributed by atoms with E-state index in [1.165, 1.54) is 6.07 Å². The number of halogens is 3. The highest BCUT2D eigenvalue weighted by Crippen LogP contribution is 2.34. The van der Waals surface area contributed by atoms with E-state index in [1.54, 1.807) is 26.8 Å². The van der Waals surface area contributed by atoms with Crippen molar-refractivity contribution in [2.45, 2.75) is 38.1 Å². The van der Waals surface area contributed by atoms with Gasteiger partial charge >= 0.3 is 6.18 Å². The minimum absolute atomic E-state index is 0.481. The topological polar surface area (TPSA) is 29.1 Å². The van der Waals surface area contributed by atoms with Gasteiger partial charge < -0.3 is 4.72 Å². The maximum absolute atomic E-state index is 12.7. The summed E-state index contributed by atoms with van der Waals surface area (Å²) >= 11 is 0. The molecule has 1 aliphatic rings. The Labute approximate surface area is 118 Å². The molecule has 0 fully saturated rings. The number of fused-ring (bicyclic) bond motifs is 1. The molecule has 0 spiro atoms. The fraction of sp³-hybridized carbons (Fsp3) is 0.429. The van der Waals surface area contributed by atoms with E-state index in [4.69, 9.17) is 0 Å². The molecule has 20 heavy (non-hydrogen) atoms. The van der Waals surface area contributed by atoms with E-state index < -0.39 is 27.5 Å². The second-order valence-corrected chi connectivity index (χ2v) is 7.64. The molecular weight excluding hydrogens is 287 g/mol. The summed E-state index contributed by atoms with van der Waals surface area (Å²) in [4.78, 5) is 0. The molecule has 0 amide bonds. The lowest BCUT2D eigenvalue weighted by Gasteiger charge is -2.20. The molecule has 0 saturated heterocycles. The molecule has 0 radical (unpaired) electrons. The minimum Gasteiger partial charge on any atom is -0.304 e. The van der Waals surface area contributed by atoms with Crippen LogP contribution in [0, 0.1) is 0 Å². The van der Waals surface area contributed by atoms with Gasteiger partial charge in [-0.15, -0.1) is 0 Å². The zero-order valence-corrected chi connectivity index (χ0v) is 12.3. The molecule has 2 nitrogen and oxygen atoms in total. The van der Waals surface area contributed by atoms with Crippen molar-refractivity contribution in [1.82, 2.24) is 4.72 Å². The number of hydrogen-bond donors (Lipinski definition) is 1. The number of allylic oxidation sites excluding steroid dienone is 1. The van der Waals surface area contributed by atoms with Crippen molar-refractivity contribution in [2.24, 2.45) is 0 Å². The van der Waals surface area contributed by atoms with Gasteiger partial charge in [0, 0.05) is 5.56 Å². The van der Waals surface area contributed by atoms with E-state index in [9.17, 15) is 17.4 Å². The average Bonchev–Trinajstić information content (AvgIpc) is 2.69. The lowest BCUT2D eigenvalue weighted by molar-refractivity contribution is -0.137. The largest absolute Gasteiger partial charge is 0.416 e. The summed E-state index contributed by atoms with van der Waals surface area (Å²) in [7, 11) is -1.36. The van der Waals surface area contributed by atoms with Gasteiger partial charge in [-0.05, 0) is 44.9 Å². The van der Waals surface area contributed by atoms with E-state index in [0.29, 0.717) is 17.7 Å². The third kappa shape index (κ3) is 3.06. The first-order chi connectivity index (χ1) is 9.09. The van der Waals surface area contributed by atoms with Crippen LogP contribution in [0.1, 0.15) is 37.5 Å². The van der Waals surface area contributed by atoms with Crippen molar-refractivity contribution < 1.29 is 17.4 Å². The molecule has 1 N–H and O–H groups in total. The summed E-state index contributed by atoms with van der Waals surface area (Å²) in [5.41, 5.74) is 1.12. The molecule has 0 aromatic heterocycles. The highest BCUT2D eigenvalue weighted by Gasteiger charge is 2.32. The average molecular weight is 303 g/mol. The molecule has 0 saturated carbocycles. The first-order valence-electron chi connectivity index (χ1n) is 6.18. The number of rotatable bonds is 2. The van der Waals surface area contributed by atoms with Gasteiger partial charge in [-0.3, -0.25) is 0 Å². The highest BCUT2D eigenvalue weighted by molar-refractivity contribution is 7.84. The maximum atomic E-state index is 12.7. The zero-order valence-electron chi connectivity index (χ0n) is 11.5. The van der Waals surface area contributed by atoms with Crippen molar-refractivity contribution in [1.29, 1.82) is 0 Å². The smallest absolute Gasteiger partial charge is 0.304 e. The summed E-state index contributed by atoms with van der Waals surface area (Å²) < 4.78 is 52.6. The van der Waals surface area contributed by atoms with Gasteiger partial charge in [0.2, 0.25) is 0 Å². The minimum atomic E-state index is -4.37. The second kappa shape index (κ2) is 4.91. The fourth-order valence-corrected chi connectivity index (χ4v) is 2.55. The molecule has 0 heterocycles. The molecule has 1 atom stereocenters. The lowest BCUT2D eigenvalue weighted by atomic mass is 10.0. The van der Waals surface area contributed by atoms with Crippen LogP contribution < -0.4 is 4.72 Å². The highest BCUT2D eigenvalue weighted by atomic mass is 32.2. The van der Waals surface area contributed by atoms with Crippen LogP contribution in [0.25, 0.3) is 5.70 Å². The maximum Gasteiger partial charge on any atom is 0.416 e. The summed E-state index contributed by atoms with van der Waals surface area (Å²) in [6, 6.07) is 3.67. The van der Waals surface area contributed by atoms with Crippen molar-refractivity contribution >= 4 is 16.7 Å². The molecule has 2 rings (SSSR count). The van der Waals surface area contributed by atoms with Crippen molar-refractivity contribution in [3.63, 3.8) is 0 Å². The third-order valence-electron chi connectivity index (χ3n) is 3.01. The van der Waals surface area contributed by atoms with Crippen LogP contribution in [0.15, 0.2) is 24.3 Å². The fourth-order valence-electron chi connectivity index (χ4n) is 1.85. The molecule has 110 valence electrons. The first kappa shape index (κ1) is 15.1. The van der Waals surface area contributed by atoms with Crippen LogP contribution in [-0.4, -0.2) is 8.96 Å². The monoisotopic (exact) mass is 303 g/mol. The molecule has 0 aliphatic heterocycles.